The van der Waals surface area contributed by atoms with Gasteiger partial charge in [-0.3, -0.25) is 10.1 Å². The average molecular weight is 534 g/mol. The van der Waals surface area contributed by atoms with Crippen LogP contribution in [-0.2, 0) is 10.2 Å². The minimum atomic E-state index is -0.521. The first kappa shape index (κ1) is 26.7. The number of halogens is 1. The van der Waals surface area contributed by atoms with Crippen LogP contribution in [0.1, 0.15) is 57.7 Å². The molecular weight excluding hydrogens is 497 g/mol. The third-order valence-electron chi connectivity index (χ3n) is 7.11. The Morgan fingerprint density at radius 3 is 2.31 bits per heavy atom. The highest BCUT2D eigenvalue weighted by Gasteiger charge is 2.35. The quantitative estimate of drug-likeness (QED) is 0.404. The van der Waals surface area contributed by atoms with E-state index < -0.39 is 11.8 Å². The SMILES string of the molecule is Cc1ccc(-n2nc(C(C)(C)C)cc2NC(=O)Nc2cc(F)cc(OC3CCN(C(=O)C4CC4)CC3)c2)cc1. The molecule has 3 aromatic rings. The first-order chi connectivity index (χ1) is 18.5. The van der Waals surface area contributed by atoms with Crippen LogP contribution < -0.4 is 15.4 Å². The van der Waals surface area contributed by atoms with Crippen LogP contribution >= 0.6 is 0 Å². The predicted octanol–water partition coefficient (Wildman–Crippen LogP) is 6.04. The molecule has 0 spiro atoms. The molecule has 206 valence electrons. The van der Waals surface area contributed by atoms with Crippen LogP contribution in [0.15, 0.2) is 48.5 Å². The van der Waals surface area contributed by atoms with Crippen molar-refractivity contribution in [2.75, 3.05) is 23.7 Å². The smallest absolute Gasteiger partial charge is 0.324 e. The number of piperidine rings is 1. The Balaban J connectivity index is 1.25. The first-order valence-corrected chi connectivity index (χ1v) is 13.6. The third-order valence-corrected chi connectivity index (χ3v) is 7.11. The number of urea groups is 1. The van der Waals surface area contributed by atoms with E-state index in [0.717, 1.165) is 29.8 Å². The molecule has 8 nitrogen and oxygen atoms in total. The Kier molecular flexibility index (Phi) is 7.34. The molecular formula is C30H36FN5O3. The summed E-state index contributed by atoms with van der Waals surface area (Å²) in [4.78, 5) is 27.2. The van der Waals surface area contributed by atoms with Crippen molar-refractivity contribution in [1.82, 2.24) is 14.7 Å². The Morgan fingerprint density at radius 1 is 0.974 bits per heavy atom. The lowest BCUT2D eigenvalue weighted by Gasteiger charge is -2.32. The van der Waals surface area contributed by atoms with Gasteiger partial charge in [0, 0.05) is 61.2 Å². The van der Waals surface area contributed by atoms with Gasteiger partial charge in [-0.1, -0.05) is 38.5 Å². The summed E-state index contributed by atoms with van der Waals surface area (Å²) in [6, 6.07) is 13.4. The number of benzene rings is 2. The maximum atomic E-state index is 14.5. The summed E-state index contributed by atoms with van der Waals surface area (Å²) >= 11 is 0. The molecule has 2 heterocycles. The van der Waals surface area contributed by atoms with Crippen molar-refractivity contribution in [3.05, 3.63) is 65.6 Å². The second-order valence-electron chi connectivity index (χ2n) is 11.6. The molecule has 1 saturated heterocycles. The highest BCUT2D eigenvalue weighted by molar-refractivity contribution is 5.99. The molecule has 1 saturated carbocycles. The van der Waals surface area contributed by atoms with Crippen LogP contribution in [0.2, 0.25) is 0 Å². The van der Waals surface area contributed by atoms with E-state index in [9.17, 15) is 14.0 Å². The highest BCUT2D eigenvalue weighted by Crippen LogP contribution is 2.32. The number of amides is 3. The Hall–Kier alpha value is -3.88. The van der Waals surface area contributed by atoms with Crippen LogP contribution in [0.3, 0.4) is 0 Å². The van der Waals surface area contributed by atoms with Gasteiger partial charge in [-0.2, -0.15) is 5.10 Å². The van der Waals surface area contributed by atoms with Crippen LogP contribution in [0.5, 0.6) is 5.75 Å². The van der Waals surface area contributed by atoms with Gasteiger partial charge in [0.1, 0.15) is 23.5 Å². The predicted molar refractivity (Wildman–Crippen MR) is 149 cm³/mol. The Labute approximate surface area is 228 Å². The zero-order valence-electron chi connectivity index (χ0n) is 23.0. The highest BCUT2D eigenvalue weighted by atomic mass is 19.1. The van der Waals surface area contributed by atoms with E-state index >= 15 is 0 Å². The number of likely N-dealkylation sites (tertiary alicyclic amines) is 1. The molecule has 3 amide bonds. The topological polar surface area (TPSA) is 88.5 Å². The summed E-state index contributed by atoms with van der Waals surface area (Å²) in [6.07, 6.45) is 3.26. The number of anilines is 2. The molecule has 0 atom stereocenters. The lowest BCUT2D eigenvalue weighted by molar-refractivity contribution is -0.134. The third kappa shape index (κ3) is 6.58. The van der Waals surface area contributed by atoms with Crippen molar-refractivity contribution in [3.8, 4) is 11.4 Å². The average Bonchev–Trinajstić information content (AvgIpc) is 3.63. The second-order valence-corrected chi connectivity index (χ2v) is 11.6. The fourth-order valence-corrected chi connectivity index (χ4v) is 4.68. The summed E-state index contributed by atoms with van der Waals surface area (Å²) in [7, 11) is 0. The molecule has 9 heteroatoms. The van der Waals surface area contributed by atoms with E-state index in [4.69, 9.17) is 9.84 Å². The molecule has 0 radical (unpaired) electrons. The van der Waals surface area contributed by atoms with Crippen molar-refractivity contribution in [2.24, 2.45) is 5.92 Å². The minimum absolute atomic E-state index is 0.114. The number of carbonyl (C=O) groups is 2. The zero-order valence-corrected chi connectivity index (χ0v) is 23.0. The fraction of sp³-hybridized carbons (Fsp3) is 0.433. The van der Waals surface area contributed by atoms with Crippen molar-refractivity contribution < 1.29 is 18.7 Å². The summed E-state index contributed by atoms with van der Waals surface area (Å²) in [5, 5.41) is 10.3. The molecule has 39 heavy (non-hydrogen) atoms. The van der Waals surface area contributed by atoms with Crippen LogP contribution in [-0.4, -0.2) is 45.8 Å². The second kappa shape index (κ2) is 10.7. The molecule has 2 aliphatic rings. The van der Waals surface area contributed by atoms with Gasteiger partial charge in [0.25, 0.3) is 0 Å². The largest absolute Gasteiger partial charge is 0.490 e. The number of aromatic nitrogens is 2. The Morgan fingerprint density at radius 2 is 1.67 bits per heavy atom. The summed E-state index contributed by atoms with van der Waals surface area (Å²) < 4.78 is 22.2. The number of ether oxygens (including phenoxy) is 1. The van der Waals surface area contributed by atoms with Crippen LogP contribution in [0.25, 0.3) is 5.69 Å². The van der Waals surface area contributed by atoms with Gasteiger partial charge < -0.3 is 15.0 Å². The van der Waals surface area contributed by atoms with Crippen LogP contribution in [0, 0.1) is 18.7 Å². The van der Waals surface area contributed by atoms with E-state index in [-0.39, 0.29) is 29.0 Å². The maximum absolute atomic E-state index is 14.5. The molecule has 0 bridgehead atoms. The van der Waals surface area contributed by atoms with E-state index in [1.165, 1.54) is 12.1 Å². The molecule has 1 aliphatic carbocycles. The molecule has 5 rings (SSSR count). The molecule has 1 aliphatic heterocycles. The summed E-state index contributed by atoms with van der Waals surface area (Å²) in [5.41, 5.74) is 2.82. The van der Waals surface area contributed by atoms with Gasteiger partial charge >= 0.3 is 6.03 Å². The van der Waals surface area contributed by atoms with Gasteiger partial charge in [-0.05, 0) is 38.0 Å². The van der Waals surface area contributed by atoms with Gasteiger partial charge in [-0.25, -0.2) is 13.9 Å². The number of rotatable bonds is 6. The van der Waals surface area contributed by atoms with Gasteiger partial charge in [0.2, 0.25) is 5.91 Å². The molecule has 2 N–H and O–H groups in total. The normalized spacial score (nSPS) is 16.2. The first-order valence-electron chi connectivity index (χ1n) is 13.6. The zero-order chi connectivity index (χ0) is 27.7. The molecule has 2 aromatic carbocycles. The van der Waals surface area contributed by atoms with Crippen molar-refractivity contribution in [2.45, 2.75) is 64.9 Å². The van der Waals surface area contributed by atoms with Crippen LogP contribution in [0.4, 0.5) is 20.7 Å². The van der Waals surface area contributed by atoms with Crippen molar-refractivity contribution in [1.29, 1.82) is 0 Å². The van der Waals surface area contributed by atoms with Gasteiger partial charge in [-0.15, -0.1) is 0 Å². The lowest BCUT2D eigenvalue weighted by Crippen LogP contribution is -2.42. The Bertz CT molecular complexity index is 1350. The van der Waals surface area contributed by atoms with Gasteiger partial charge in [0.15, 0.2) is 0 Å². The number of hydrogen-bond donors (Lipinski definition) is 2. The van der Waals surface area contributed by atoms with Gasteiger partial charge in [0.05, 0.1) is 11.4 Å². The number of nitrogens with one attached hydrogen (secondary N) is 2. The van der Waals surface area contributed by atoms with Crippen molar-refractivity contribution >= 4 is 23.4 Å². The maximum Gasteiger partial charge on any atom is 0.324 e. The summed E-state index contributed by atoms with van der Waals surface area (Å²) in [5.74, 6) is 0.790. The molecule has 2 fully saturated rings. The molecule has 0 unspecified atom stereocenters. The van der Waals surface area contributed by atoms with E-state index in [1.54, 1.807) is 10.7 Å². The van der Waals surface area contributed by atoms with E-state index in [1.807, 2.05) is 42.2 Å². The van der Waals surface area contributed by atoms with Crippen molar-refractivity contribution in [3.63, 3.8) is 0 Å². The fourth-order valence-electron chi connectivity index (χ4n) is 4.68. The van der Waals surface area contributed by atoms with E-state index in [2.05, 4.69) is 31.4 Å². The molecule has 1 aromatic heterocycles. The van der Waals surface area contributed by atoms with E-state index in [0.29, 0.717) is 37.5 Å². The minimum Gasteiger partial charge on any atom is -0.490 e. The number of hydrogen-bond acceptors (Lipinski definition) is 4. The summed E-state index contributed by atoms with van der Waals surface area (Å²) in [6.45, 7) is 9.48. The standard InChI is InChI=1S/C30H36FN5O3/c1-19-5-9-23(10-6-19)36-27(18-26(34-36)30(2,3)4)33-29(38)32-22-15-21(31)16-25(17-22)39-24-11-13-35(14-12-24)28(37)20-7-8-20/h5-6,9-10,15-18,20,24H,7-8,11-14H2,1-4H3,(H2,32,33,38). The number of carbonyl (C=O) groups excluding carboxylic acids is 2. The lowest BCUT2D eigenvalue weighted by atomic mass is 9.92. The number of aryl methyl sites for hydroxylation is 1. The monoisotopic (exact) mass is 533 g/mol. The number of nitrogens with zero attached hydrogens (tertiary/aromatic N) is 3.